The number of unbranched alkanes of at least 4 members (excludes halogenated alkanes) is 4. The van der Waals surface area contributed by atoms with Gasteiger partial charge in [-0.1, -0.05) is 38.7 Å². The molecule has 0 saturated heterocycles. The molecule has 0 unspecified atom stereocenters. The maximum atomic E-state index is 5.75. The zero-order valence-corrected chi connectivity index (χ0v) is 9.63. The molecular weight excluding hydrogens is 184 g/mol. The van der Waals surface area contributed by atoms with E-state index in [1.807, 2.05) is 12.1 Å². The molecule has 0 heterocycles. The van der Waals surface area contributed by atoms with Crippen LogP contribution in [-0.2, 0) is 6.42 Å². The van der Waals surface area contributed by atoms with E-state index in [9.17, 15) is 0 Å². The van der Waals surface area contributed by atoms with Gasteiger partial charge >= 0.3 is 0 Å². The highest BCUT2D eigenvalue weighted by molar-refractivity contribution is 5.63. The Hall–Kier alpha value is -1.18. The number of nitrogen functional groups attached to an aromatic ring is 2. The predicted octanol–water partition coefficient (Wildman–Crippen LogP) is 3.36. The first-order valence-corrected chi connectivity index (χ1v) is 5.88. The van der Waals surface area contributed by atoms with Crippen LogP contribution >= 0.6 is 0 Å². The van der Waals surface area contributed by atoms with Gasteiger partial charge in [0.25, 0.3) is 0 Å². The summed E-state index contributed by atoms with van der Waals surface area (Å²) in [4.78, 5) is 0. The fraction of sp³-hybridized carbons (Fsp3) is 0.538. The Balaban J connectivity index is 2.28. The Morgan fingerprint density at radius 3 is 2.33 bits per heavy atom. The monoisotopic (exact) mass is 206 g/mol. The molecule has 0 fully saturated rings. The van der Waals surface area contributed by atoms with Crippen molar-refractivity contribution in [2.75, 3.05) is 11.5 Å². The highest BCUT2D eigenvalue weighted by Crippen LogP contribution is 2.17. The van der Waals surface area contributed by atoms with Crippen molar-refractivity contribution in [3.63, 3.8) is 0 Å². The number of aryl methyl sites for hydroxylation is 1. The third-order valence-electron chi connectivity index (χ3n) is 2.72. The first kappa shape index (κ1) is 11.9. The average Bonchev–Trinajstić information content (AvgIpc) is 2.23. The summed E-state index contributed by atoms with van der Waals surface area (Å²) >= 11 is 0. The largest absolute Gasteiger partial charge is 0.397 e. The lowest BCUT2D eigenvalue weighted by Gasteiger charge is -2.04. The molecule has 0 saturated carbocycles. The lowest BCUT2D eigenvalue weighted by molar-refractivity contribution is 0.632. The van der Waals surface area contributed by atoms with E-state index in [-0.39, 0.29) is 0 Å². The quantitative estimate of drug-likeness (QED) is 0.554. The van der Waals surface area contributed by atoms with Crippen LogP contribution in [0, 0.1) is 0 Å². The summed E-state index contributed by atoms with van der Waals surface area (Å²) in [7, 11) is 0. The molecule has 1 rings (SSSR count). The van der Waals surface area contributed by atoms with Crippen LogP contribution in [0.25, 0.3) is 0 Å². The highest BCUT2D eigenvalue weighted by atomic mass is 14.7. The van der Waals surface area contributed by atoms with E-state index in [0.29, 0.717) is 11.4 Å². The van der Waals surface area contributed by atoms with E-state index in [0.717, 1.165) is 6.42 Å². The summed E-state index contributed by atoms with van der Waals surface area (Å²) < 4.78 is 0. The molecule has 0 aromatic heterocycles. The van der Waals surface area contributed by atoms with Crippen molar-refractivity contribution in [3.05, 3.63) is 23.8 Å². The molecule has 1 aromatic rings. The second-order valence-corrected chi connectivity index (χ2v) is 4.13. The minimum Gasteiger partial charge on any atom is -0.397 e. The van der Waals surface area contributed by atoms with Gasteiger partial charge in [0.2, 0.25) is 0 Å². The summed E-state index contributed by atoms with van der Waals surface area (Å²) in [6, 6.07) is 5.97. The van der Waals surface area contributed by atoms with Gasteiger partial charge in [-0.15, -0.1) is 0 Å². The second kappa shape index (κ2) is 6.33. The third-order valence-corrected chi connectivity index (χ3v) is 2.72. The zero-order valence-electron chi connectivity index (χ0n) is 9.63. The number of benzene rings is 1. The molecule has 2 nitrogen and oxygen atoms in total. The molecule has 0 aliphatic rings. The zero-order chi connectivity index (χ0) is 11.1. The van der Waals surface area contributed by atoms with E-state index in [4.69, 9.17) is 11.5 Å². The van der Waals surface area contributed by atoms with Gasteiger partial charge in [-0.25, -0.2) is 0 Å². The highest BCUT2D eigenvalue weighted by Gasteiger charge is 1.97. The van der Waals surface area contributed by atoms with Crippen molar-refractivity contribution in [1.82, 2.24) is 0 Å². The molecule has 2 heteroatoms. The number of nitrogens with two attached hydrogens (primary N) is 2. The van der Waals surface area contributed by atoms with E-state index in [2.05, 4.69) is 13.0 Å². The second-order valence-electron chi connectivity index (χ2n) is 4.13. The maximum Gasteiger partial charge on any atom is 0.0550 e. The van der Waals surface area contributed by atoms with Crippen molar-refractivity contribution in [3.8, 4) is 0 Å². The van der Waals surface area contributed by atoms with Crippen molar-refractivity contribution >= 4 is 11.4 Å². The lowest BCUT2D eigenvalue weighted by atomic mass is 10.0. The summed E-state index contributed by atoms with van der Waals surface area (Å²) in [6.07, 6.45) is 7.69. The Morgan fingerprint density at radius 2 is 1.67 bits per heavy atom. The van der Waals surface area contributed by atoms with Crippen LogP contribution in [-0.4, -0.2) is 0 Å². The molecule has 0 aliphatic heterocycles. The van der Waals surface area contributed by atoms with Crippen LogP contribution in [0.5, 0.6) is 0 Å². The summed E-state index contributed by atoms with van der Waals surface area (Å²) in [5.74, 6) is 0. The molecule has 0 bridgehead atoms. The van der Waals surface area contributed by atoms with E-state index >= 15 is 0 Å². The topological polar surface area (TPSA) is 52.0 Å². The molecule has 1 aromatic carbocycles. The van der Waals surface area contributed by atoms with E-state index < -0.39 is 0 Å². The number of anilines is 2. The van der Waals surface area contributed by atoms with Gasteiger partial charge in [-0.2, -0.15) is 0 Å². The smallest absolute Gasteiger partial charge is 0.0550 e. The Kier molecular flexibility index (Phi) is 5.02. The molecular formula is C13H22N2. The van der Waals surface area contributed by atoms with Gasteiger partial charge in [0, 0.05) is 0 Å². The Labute approximate surface area is 92.7 Å². The van der Waals surface area contributed by atoms with Crippen LogP contribution in [0.15, 0.2) is 18.2 Å². The van der Waals surface area contributed by atoms with Crippen LogP contribution in [0.1, 0.15) is 44.6 Å². The normalized spacial score (nSPS) is 10.5. The van der Waals surface area contributed by atoms with Crippen molar-refractivity contribution < 1.29 is 0 Å². The van der Waals surface area contributed by atoms with Crippen molar-refractivity contribution in [1.29, 1.82) is 0 Å². The Bertz CT molecular complexity index is 295. The average molecular weight is 206 g/mol. The molecule has 15 heavy (non-hydrogen) atoms. The molecule has 4 N–H and O–H groups in total. The van der Waals surface area contributed by atoms with Gasteiger partial charge in [0.15, 0.2) is 0 Å². The van der Waals surface area contributed by atoms with Gasteiger partial charge in [0.1, 0.15) is 0 Å². The fourth-order valence-electron chi connectivity index (χ4n) is 1.71. The van der Waals surface area contributed by atoms with Crippen molar-refractivity contribution in [2.24, 2.45) is 0 Å². The molecule has 84 valence electrons. The van der Waals surface area contributed by atoms with Crippen LogP contribution in [0.3, 0.4) is 0 Å². The van der Waals surface area contributed by atoms with Crippen LogP contribution in [0.4, 0.5) is 11.4 Å². The standard InChI is InChI=1S/C13H22N2/c1-2-3-4-5-6-7-11-8-9-12(14)13(15)10-11/h8-10H,2-7,14-15H2,1H3. The number of rotatable bonds is 6. The third kappa shape index (κ3) is 4.24. The molecule has 0 atom stereocenters. The minimum atomic E-state index is 0.685. The number of hydrogen-bond acceptors (Lipinski definition) is 2. The maximum absolute atomic E-state index is 5.75. The molecule has 0 amide bonds. The first-order valence-electron chi connectivity index (χ1n) is 5.88. The first-order chi connectivity index (χ1) is 7.24. The fourth-order valence-corrected chi connectivity index (χ4v) is 1.71. The van der Waals surface area contributed by atoms with Gasteiger partial charge < -0.3 is 11.5 Å². The molecule has 0 radical (unpaired) electrons. The van der Waals surface area contributed by atoms with Gasteiger partial charge in [-0.05, 0) is 30.5 Å². The molecule has 0 spiro atoms. The minimum absolute atomic E-state index is 0.685. The molecule has 0 aliphatic carbocycles. The van der Waals surface area contributed by atoms with Crippen LogP contribution < -0.4 is 11.5 Å². The summed E-state index contributed by atoms with van der Waals surface area (Å²) in [5.41, 5.74) is 14.1. The van der Waals surface area contributed by atoms with E-state index in [1.54, 1.807) is 0 Å². The van der Waals surface area contributed by atoms with Gasteiger partial charge in [-0.3, -0.25) is 0 Å². The summed E-state index contributed by atoms with van der Waals surface area (Å²) in [6.45, 7) is 2.24. The van der Waals surface area contributed by atoms with E-state index in [1.165, 1.54) is 37.7 Å². The van der Waals surface area contributed by atoms with Crippen molar-refractivity contribution in [2.45, 2.75) is 45.4 Å². The summed E-state index contributed by atoms with van der Waals surface area (Å²) in [5, 5.41) is 0. The Morgan fingerprint density at radius 1 is 0.933 bits per heavy atom. The number of hydrogen-bond donors (Lipinski definition) is 2. The predicted molar refractivity (Wildman–Crippen MR) is 67.7 cm³/mol. The van der Waals surface area contributed by atoms with Crippen LogP contribution in [0.2, 0.25) is 0 Å². The SMILES string of the molecule is CCCCCCCc1ccc(N)c(N)c1. The van der Waals surface area contributed by atoms with Gasteiger partial charge in [0.05, 0.1) is 11.4 Å². The lowest BCUT2D eigenvalue weighted by Crippen LogP contribution is -1.96.